The molecule has 0 aliphatic carbocycles. The summed E-state index contributed by atoms with van der Waals surface area (Å²) in [5, 5.41) is 0. The SMILES string of the molecule is CC(C)C(Br)C(=O)N1CCCC1c1ccccc1. The van der Waals surface area contributed by atoms with Gasteiger partial charge in [-0.15, -0.1) is 0 Å². The van der Waals surface area contributed by atoms with Crippen molar-refractivity contribution in [3.63, 3.8) is 0 Å². The van der Waals surface area contributed by atoms with Crippen LogP contribution < -0.4 is 0 Å². The molecule has 0 radical (unpaired) electrons. The first kappa shape index (κ1) is 13.6. The van der Waals surface area contributed by atoms with E-state index >= 15 is 0 Å². The van der Waals surface area contributed by atoms with E-state index in [0.29, 0.717) is 5.92 Å². The molecule has 1 amide bonds. The van der Waals surface area contributed by atoms with Crippen molar-refractivity contribution in [1.29, 1.82) is 0 Å². The monoisotopic (exact) mass is 309 g/mol. The number of nitrogens with zero attached hydrogens (tertiary/aromatic N) is 1. The van der Waals surface area contributed by atoms with Crippen molar-refractivity contribution in [2.75, 3.05) is 6.54 Å². The summed E-state index contributed by atoms with van der Waals surface area (Å²) in [5.74, 6) is 0.561. The molecule has 2 atom stereocenters. The second-order valence-corrected chi connectivity index (χ2v) is 6.23. The van der Waals surface area contributed by atoms with Gasteiger partial charge in [-0.2, -0.15) is 0 Å². The van der Waals surface area contributed by atoms with Crippen molar-refractivity contribution >= 4 is 21.8 Å². The molecule has 0 bridgehead atoms. The Bertz CT molecular complexity index is 404. The highest BCUT2D eigenvalue weighted by Crippen LogP contribution is 2.33. The number of carbonyl (C=O) groups excluding carboxylic acids is 1. The average Bonchev–Trinajstić information content (AvgIpc) is 2.87. The molecular weight excluding hydrogens is 290 g/mol. The van der Waals surface area contributed by atoms with Crippen molar-refractivity contribution in [3.05, 3.63) is 35.9 Å². The summed E-state index contributed by atoms with van der Waals surface area (Å²) in [5.41, 5.74) is 1.26. The fourth-order valence-corrected chi connectivity index (χ4v) is 2.76. The topological polar surface area (TPSA) is 20.3 Å². The predicted octanol–water partition coefficient (Wildman–Crippen LogP) is 3.77. The van der Waals surface area contributed by atoms with Crippen molar-refractivity contribution < 1.29 is 4.79 Å². The van der Waals surface area contributed by atoms with Gasteiger partial charge in [0.1, 0.15) is 0 Å². The zero-order valence-corrected chi connectivity index (χ0v) is 12.6. The first-order valence-corrected chi connectivity index (χ1v) is 7.52. The summed E-state index contributed by atoms with van der Waals surface area (Å²) in [6.07, 6.45) is 2.18. The number of alkyl halides is 1. The van der Waals surface area contributed by atoms with Crippen LogP contribution in [0.4, 0.5) is 0 Å². The number of hydrogen-bond donors (Lipinski definition) is 0. The minimum Gasteiger partial charge on any atom is -0.335 e. The van der Waals surface area contributed by atoms with E-state index in [-0.39, 0.29) is 16.8 Å². The molecule has 98 valence electrons. The Kier molecular flexibility index (Phi) is 4.44. The first-order valence-electron chi connectivity index (χ1n) is 6.60. The maximum atomic E-state index is 12.4. The summed E-state index contributed by atoms with van der Waals surface area (Å²) in [7, 11) is 0. The molecule has 1 aromatic rings. The van der Waals surface area contributed by atoms with E-state index in [2.05, 4.69) is 41.9 Å². The molecule has 18 heavy (non-hydrogen) atoms. The largest absolute Gasteiger partial charge is 0.335 e. The van der Waals surface area contributed by atoms with Gasteiger partial charge in [-0.1, -0.05) is 60.1 Å². The molecule has 3 heteroatoms. The summed E-state index contributed by atoms with van der Waals surface area (Å²) in [6.45, 7) is 5.03. The lowest BCUT2D eigenvalue weighted by Gasteiger charge is -2.28. The predicted molar refractivity (Wildman–Crippen MR) is 77.7 cm³/mol. The second kappa shape index (κ2) is 5.87. The van der Waals surface area contributed by atoms with Crippen molar-refractivity contribution in [2.45, 2.75) is 37.6 Å². The molecule has 2 rings (SSSR count). The molecule has 0 aromatic heterocycles. The summed E-state index contributed by atoms with van der Waals surface area (Å²) in [4.78, 5) is 14.4. The number of carbonyl (C=O) groups is 1. The van der Waals surface area contributed by atoms with E-state index in [1.807, 2.05) is 23.1 Å². The quantitative estimate of drug-likeness (QED) is 0.778. The molecule has 1 saturated heterocycles. The van der Waals surface area contributed by atoms with E-state index in [1.54, 1.807) is 0 Å². The second-order valence-electron chi connectivity index (χ2n) is 5.25. The lowest BCUT2D eigenvalue weighted by atomic mass is 10.0. The number of amides is 1. The number of rotatable bonds is 3. The highest BCUT2D eigenvalue weighted by molar-refractivity contribution is 9.10. The van der Waals surface area contributed by atoms with Crippen LogP contribution in [0.5, 0.6) is 0 Å². The zero-order valence-electron chi connectivity index (χ0n) is 11.0. The Hall–Kier alpha value is -0.830. The minimum atomic E-state index is -0.0678. The van der Waals surface area contributed by atoms with Crippen LogP contribution in [0.15, 0.2) is 30.3 Å². The Morgan fingerprint density at radius 1 is 1.33 bits per heavy atom. The fraction of sp³-hybridized carbons (Fsp3) is 0.533. The zero-order chi connectivity index (χ0) is 13.1. The Balaban J connectivity index is 2.15. The number of likely N-dealkylation sites (tertiary alicyclic amines) is 1. The number of hydrogen-bond acceptors (Lipinski definition) is 1. The third-order valence-corrected chi connectivity index (χ3v) is 4.99. The van der Waals surface area contributed by atoms with E-state index in [4.69, 9.17) is 0 Å². The summed E-state index contributed by atoms with van der Waals surface area (Å²) >= 11 is 3.53. The maximum absolute atomic E-state index is 12.4. The molecule has 1 fully saturated rings. The van der Waals surface area contributed by atoms with E-state index in [9.17, 15) is 4.79 Å². The van der Waals surface area contributed by atoms with Crippen LogP contribution in [-0.2, 0) is 4.79 Å². The van der Waals surface area contributed by atoms with Gasteiger partial charge in [-0.3, -0.25) is 4.79 Å². The molecule has 0 N–H and O–H groups in total. The smallest absolute Gasteiger partial charge is 0.237 e. The fourth-order valence-electron chi connectivity index (χ4n) is 2.50. The maximum Gasteiger partial charge on any atom is 0.237 e. The molecule has 2 unspecified atom stereocenters. The van der Waals surface area contributed by atoms with Gasteiger partial charge in [-0.05, 0) is 24.3 Å². The molecule has 1 aromatic carbocycles. The lowest BCUT2D eigenvalue weighted by Crippen LogP contribution is -2.38. The molecule has 0 saturated carbocycles. The van der Waals surface area contributed by atoms with E-state index < -0.39 is 0 Å². The number of halogens is 1. The van der Waals surface area contributed by atoms with Gasteiger partial charge in [0.2, 0.25) is 5.91 Å². The van der Waals surface area contributed by atoms with Gasteiger partial charge in [0.05, 0.1) is 10.9 Å². The van der Waals surface area contributed by atoms with Crippen LogP contribution >= 0.6 is 15.9 Å². The third-order valence-electron chi connectivity index (χ3n) is 3.54. The van der Waals surface area contributed by atoms with Gasteiger partial charge >= 0.3 is 0 Å². The summed E-state index contributed by atoms with van der Waals surface area (Å²) in [6, 6.07) is 10.6. The minimum absolute atomic E-state index is 0.0678. The van der Waals surface area contributed by atoms with Crippen LogP contribution in [0.2, 0.25) is 0 Å². The highest BCUT2D eigenvalue weighted by Gasteiger charge is 2.33. The van der Waals surface area contributed by atoms with Crippen LogP contribution in [0.3, 0.4) is 0 Å². The van der Waals surface area contributed by atoms with Crippen LogP contribution in [0.25, 0.3) is 0 Å². The van der Waals surface area contributed by atoms with Crippen LogP contribution in [-0.4, -0.2) is 22.2 Å². The Labute approximate surface area is 117 Å². The molecule has 1 heterocycles. The van der Waals surface area contributed by atoms with Crippen molar-refractivity contribution in [2.24, 2.45) is 5.92 Å². The van der Waals surface area contributed by atoms with Gasteiger partial charge in [0.15, 0.2) is 0 Å². The molecular formula is C15H20BrNO. The van der Waals surface area contributed by atoms with Crippen LogP contribution in [0, 0.1) is 5.92 Å². The van der Waals surface area contributed by atoms with Crippen LogP contribution in [0.1, 0.15) is 38.3 Å². The lowest BCUT2D eigenvalue weighted by molar-refractivity contribution is -0.132. The average molecular weight is 310 g/mol. The first-order chi connectivity index (χ1) is 8.61. The van der Waals surface area contributed by atoms with Gasteiger partial charge in [0, 0.05) is 6.54 Å². The standard InChI is InChI=1S/C15H20BrNO/c1-11(2)14(16)15(18)17-10-6-9-13(17)12-7-4-3-5-8-12/h3-5,7-8,11,13-14H,6,9-10H2,1-2H3. The molecule has 2 nitrogen and oxygen atoms in total. The van der Waals surface area contributed by atoms with Gasteiger partial charge in [0.25, 0.3) is 0 Å². The molecule has 0 spiro atoms. The van der Waals surface area contributed by atoms with Gasteiger partial charge < -0.3 is 4.90 Å². The highest BCUT2D eigenvalue weighted by atomic mass is 79.9. The Morgan fingerprint density at radius 3 is 2.61 bits per heavy atom. The van der Waals surface area contributed by atoms with E-state index in [1.165, 1.54) is 5.56 Å². The van der Waals surface area contributed by atoms with Crippen molar-refractivity contribution in [1.82, 2.24) is 4.90 Å². The van der Waals surface area contributed by atoms with E-state index in [0.717, 1.165) is 19.4 Å². The normalized spacial score (nSPS) is 21.3. The third kappa shape index (κ3) is 2.77. The Morgan fingerprint density at radius 2 is 2.00 bits per heavy atom. The summed E-state index contributed by atoms with van der Waals surface area (Å²) < 4.78 is 0. The molecule has 1 aliphatic rings. The molecule has 1 aliphatic heterocycles. The van der Waals surface area contributed by atoms with Gasteiger partial charge in [-0.25, -0.2) is 0 Å². The van der Waals surface area contributed by atoms with Crippen molar-refractivity contribution in [3.8, 4) is 0 Å². The number of benzene rings is 1.